The van der Waals surface area contributed by atoms with Gasteiger partial charge in [0.05, 0.1) is 13.2 Å². The number of nitrogens with zero attached hydrogens (tertiary/aromatic N) is 2. The van der Waals surface area contributed by atoms with Crippen molar-refractivity contribution in [1.29, 1.82) is 0 Å². The van der Waals surface area contributed by atoms with Gasteiger partial charge in [-0.3, -0.25) is 0 Å². The standard InChI is InChI=1S/C12H19N3O2/c1-2-3-11-14-10(13)6-12(15-11)17-8-9-4-5-16-7-9/h6,9H,2-5,7-8H2,1H3,(H2,13,14,15). The van der Waals surface area contributed by atoms with Gasteiger partial charge in [-0.1, -0.05) is 6.92 Å². The Morgan fingerprint density at radius 3 is 3.12 bits per heavy atom. The third kappa shape index (κ3) is 3.56. The molecule has 1 atom stereocenters. The largest absolute Gasteiger partial charge is 0.477 e. The predicted molar refractivity (Wildman–Crippen MR) is 64.9 cm³/mol. The molecule has 0 saturated carbocycles. The van der Waals surface area contributed by atoms with Crippen molar-refractivity contribution in [2.24, 2.45) is 5.92 Å². The summed E-state index contributed by atoms with van der Waals surface area (Å²) in [6, 6.07) is 1.68. The Balaban J connectivity index is 1.94. The maximum atomic E-state index is 5.72. The van der Waals surface area contributed by atoms with Gasteiger partial charge in [0.25, 0.3) is 0 Å². The summed E-state index contributed by atoms with van der Waals surface area (Å²) in [5.74, 6) is 2.28. The van der Waals surface area contributed by atoms with Crippen LogP contribution in [-0.4, -0.2) is 29.8 Å². The molecule has 94 valence electrons. The van der Waals surface area contributed by atoms with Crippen molar-refractivity contribution in [1.82, 2.24) is 9.97 Å². The molecule has 0 radical (unpaired) electrons. The van der Waals surface area contributed by atoms with Crippen molar-refractivity contribution in [3.8, 4) is 5.88 Å². The summed E-state index contributed by atoms with van der Waals surface area (Å²) < 4.78 is 10.9. The Kier molecular flexibility index (Phi) is 4.14. The van der Waals surface area contributed by atoms with Crippen LogP contribution in [0.4, 0.5) is 5.82 Å². The van der Waals surface area contributed by atoms with E-state index in [0.29, 0.717) is 24.2 Å². The third-order valence-corrected chi connectivity index (χ3v) is 2.73. The number of nitrogen functional groups attached to an aromatic ring is 1. The molecule has 0 spiro atoms. The molecule has 1 saturated heterocycles. The minimum Gasteiger partial charge on any atom is -0.477 e. The molecule has 1 fully saturated rings. The minimum absolute atomic E-state index is 0.473. The maximum absolute atomic E-state index is 5.72. The maximum Gasteiger partial charge on any atom is 0.218 e. The van der Waals surface area contributed by atoms with E-state index in [2.05, 4.69) is 16.9 Å². The molecule has 5 heteroatoms. The number of aromatic nitrogens is 2. The number of hydrogen-bond acceptors (Lipinski definition) is 5. The van der Waals surface area contributed by atoms with Crippen LogP contribution in [0.15, 0.2) is 6.07 Å². The van der Waals surface area contributed by atoms with Crippen LogP contribution >= 0.6 is 0 Å². The fourth-order valence-corrected chi connectivity index (χ4v) is 1.82. The molecule has 2 rings (SSSR count). The summed E-state index contributed by atoms with van der Waals surface area (Å²) in [6.07, 6.45) is 2.88. The topological polar surface area (TPSA) is 70.3 Å². The third-order valence-electron chi connectivity index (χ3n) is 2.73. The molecule has 5 nitrogen and oxygen atoms in total. The Hall–Kier alpha value is -1.36. The first-order valence-corrected chi connectivity index (χ1v) is 6.12. The molecule has 0 aromatic carbocycles. The number of anilines is 1. The Bertz CT molecular complexity index is 365. The zero-order valence-corrected chi connectivity index (χ0v) is 10.2. The molecule has 1 aliphatic heterocycles. The smallest absolute Gasteiger partial charge is 0.218 e. The van der Waals surface area contributed by atoms with Crippen molar-refractivity contribution in [3.63, 3.8) is 0 Å². The van der Waals surface area contributed by atoms with Gasteiger partial charge in [-0.15, -0.1) is 0 Å². The summed E-state index contributed by atoms with van der Waals surface area (Å²) in [6.45, 7) is 4.34. The van der Waals surface area contributed by atoms with Crippen LogP contribution in [0.3, 0.4) is 0 Å². The summed E-state index contributed by atoms with van der Waals surface area (Å²) in [4.78, 5) is 8.50. The zero-order chi connectivity index (χ0) is 12.1. The summed E-state index contributed by atoms with van der Waals surface area (Å²) in [7, 11) is 0. The van der Waals surface area contributed by atoms with E-state index in [9.17, 15) is 0 Å². The van der Waals surface area contributed by atoms with Crippen LogP contribution in [0, 0.1) is 5.92 Å². The van der Waals surface area contributed by atoms with E-state index < -0.39 is 0 Å². The number of aryl methyl sites for hydroxylation is 1. The van der Waals surface area contributed by atoms with E-state index in [1.165, 1.54) is 0 Å². The second kappa shape index (κ2) is 5.82. The van der Waals surface area contributed by atoms with Crippen molar-refractivity contribution in [2.75, 3.05) is 25.6 Å². The van der Waals surface area contributed by atoms with Crippen LogP contribution in [0.25, 0.3) is 0 Å². The first-order valence-electron chi connectivity index (χ1n) is 6.12. The molecule has 2 heterocycles. The molecule has 1 aromatic heterocycles. The van der Waals surface area contributed by atoms with Gasteiger partial charge in [0.15, 0.2) is 0 Å². The van der Waals surface area contributed by atoms with Crippen LogP contribution < -0.4 is 10.5 Å². The lowest BCUT2D eigenvalue weighted by atomic mass is 10.1. The Morgan fingerprint density at radius 1 is 1.53 bits per heavy atom. The van der Waals surface area contributed by atoms with Gasteiger partial charge >= 0.3 is 0 Å². The number of nitrogens with two attached hydrogens (primary N) is 1. The molecule has 0 aliphatic carbocycles. The average Bonchev–Trinajstić information content (AvgIpc) is 2.79. The lowest BCUT2D eigenvalue weighted by molar-refractivity contribution is 0.165. The molecular weight excluding hydrogens is 218 g/mol. The highest BCUT2D eigenvalue weighted by molar-refractivity contribution is 5.32. The van der Waals surface area contributed by atoms with Crippen molar-refractivity contribution in [2.45, 2.75) is 26.2 Å². The second-order valence-electron chi connectivity index (χ2n) is 4.34. The highest BCUT2D eigenvalue weighted by atomic mass is 16.5. The fraction of sp³-hybridized carbons (Fsp3) is 0.667. The van der Waals surface area contributed by atoms with Gasteiger partial charge in [0.2, 0.25) is 5.88 Å². The van der Waals surface area contributed by atoms with Crippen molar-refractivity contribution < 1.29 is 9.47 Å². The molecule has 17 heavy (non-hydrogen) atoms. The van der Waals surface area contributed by atoms with Crippen LogP contribution in [-0.2, 0) is 11.2 Å². The number of rotatable bonds is 5. The Morgan fingerprint density at radius 2 is 2.41 bits per heavy atom. The predicted octanol–water partition coefficient (Wildman–Crippen LogP) is 1.43. The molecule has 0 bridgehead atoms. The SMILES string of the molecule is CCCc1nc(N)cc(OCC2CCOC2)n1. The van der Waals surface area contributed by atoms with E-state index in [0.717, 1.165) is 38.3 Å². The minimum atomic E-state index is 0.473. The average molecular weight is 237 g/mol. The summed E-state index contributed by atoms with van der Waals surface area (Å²) in [5.41, 5.74) is 5.72. The van der Waals surface area contributed by atoms with Crippen LogP contribution in [0.1, 0.15) is 25.6 Å². The lowest BCUT2D eigenvalue weighted by Crippen LogP contribution is -2.13. The van der Waals surface area contributed by atoms with E-state index in [1.807, 2.05) is 0 Å². The first kappa shape index (κ1) is 12.1. The van der Waals surface area contributed by atoms with Gasteiger partial charge in [-0.2, -0.15) is 4.98 Å². The summed E-state index contributed by atoms with van der Waals surface area (Å²) in [5, 5.41) is 0. The van der Waals surface area contributed by atoms with Gasteiger partial charge in [-0.05, 0) is 12.8 Å². The second-order valence-corrected chi connectivity index (χ2v) is 4.34. The quantitative estimate of drug-likeness (QED) is 0.838. The highest BCUT2D eigenvalue weighted by Crippen LogP contribution is 2.16. The van der Waals surface area contributed by atoms with E-state index in [-0.39, 0.29) is 0 Å². The fourth-order valence-electron chi connectivity index (χ4n) is 1.82. The van der Waals surface area contributed by atoms with Crippen molar-refractivity contribution >= 4 is 5.82 Å². The highest BCUT2D eigenvalue weighted by Gasteiger charge is 2.16. The van der Waals surface area contributed by atoms with Gasteiger partial charge in [0, 0.05) is 25.0 Å². The number of ether oxygens (including phenoxy) is 2. The summed E-state index contributed by atoms with van der Waals surface area (Å²) >= 11 is 0. The van der Waals surface area contributed by atoms with E-state index >= 15 is 0 Å². The molecule has 2 N–H and O–H groups in total. The van der Waals surface area contributed by atoms with Gasteiger partial charge in [0.1, 0.15) is 11.6 Å². The Labute approximate surface area is 101 Å². The molecular formula is C12H19N3O2. The normalized spacial score (nSPS) is 19.5. The van der Waals surface area contributed by atoms with Crippen LogP contribution in [0.2, 0.25) is 0 Å². The first-order chi connectivity index (χ1) is 8.28. The van der Waals surface area contributed by atoms with Crippen LogP contribution in [0.5, 0.6) is 5.88 Å². The lowest BCUT2D eigenvalue weighted by Gasteiger charge is -2.10. The molecule has 1 unspecified atom stereocenters. The van der Waals surface area contributed by atoms with E-state index in [1.54, 1.807) is 6.07 Å². The monoisotopic (exact) mass is 237 g/mol. The van der Waals surface area contributed by atoms with Gasteiger partial charge < -0.3 is 15.2 Å². The van der Waals surface area contributed by atoms with Crippen molar-refractivity contribution in [3.05, 3.63) is 11.9 Å². The molecule has 1 aliphatic rings. The molecule has 0 amide bonds. The van der Waals surface area contributed by atoms with Gasteiger partial charge in [-0.25, -0.2) is 4.98 Å². The zero-order valence-electron chi connectivity index (χ0n) is 10.2. The van der Waals surface area contributed by atoms with E-state index in [4.69, 9.17) is 15.2 Å². The molecule has 1 aromatic rings. The number of hydrogen-bond donors (Lipinski definition) is 1.